The molecule has 0 bridgehead atoms. The van der Waals surface area contributed by atoms with Crippen LogP contribution in [0.4, 0.5) is 4.79 Å². The smallest absolute Gasteiger partial charge is 0.410 e. The Labute approximate surface area is 151 Å². The minimum atomic E-state index is -0.444. The summed E-state index contributed by atoms with van der Waals surface area (Å²) in [5.41, 5.74) is 5.36. The second kappa shape index (κ2) is 10.1. The topological polar surface area (TPSA) is 80.0 Å². The quantitative estimate of drug-likeness (QED) is 0.307. The molecule has 130 valence electrons. The summed E-state index contributed by atoms with van der Waals surface area (Å²) in [6.45, 7) is 10.7. The molecule has 22 heavy (non-hydrogen) atoms. The number of nitrogens with zero attached hydrogens (tertiary/aromatic N) is 2. The molecule has 1 aliphatic heterocycles. The molecule has 1 atom stereocenters. The van der Waals surface area contributed by atoms with Crippen LogP contribution in [0.15, 0.2) is 4.99 Å². The van der Waals surface area contributed by atoms with Crippen LogP contribution in [-0.2, 0) is 4.74 Å². The fraction of sp³-hybridized carbons (Fsp3) is 0.867. The average Bonchev–Trinajstić information content (AvgIpc) is 2.83. The molecule has 6 nitrogen and oxygen atoms in total. The second-order valence-electron chi connectivity index (χ2n) is 6.59. The Balaban J connectivity index is 0.00000441. The molecular weight excluding hydrogens is 395 g/mol. The molecule has 1 heterocycles. The van der Waals surface area contributed by atoms with Gasteiger partial charge in [-0.2, -0.15) is 0 Å². The molecular formula is C15H31IN4O2. The van der Waals surface area contributed by atoms with Crippen molar-refractivity contribution in [3.05, 3.63) is 0 Å². The predicted molar refractivity (Wildman–Crippen MR) is 101 cm³/mol. The lowest BCUT2D eigenvalue weighted by atomic mass is 10.1. The summed E-state index contributed by atoms with van der Waals surface area (Å²) < 4.78 is 5.38. The van der Waals surface area contributed by atoms with Gasteiger partial charge in [0.05, 0.1) is 0 Å². The molecule has 0 saturated carbocycles. The van der Waals surface area contributed by atoms with Crippen LogP contribution in [0.3, 0.4) is 0 Å². The van der Waals surface area contributed by atoms with E-state index in [0.29, 0.717) is 25.0 Å². The van der Waals surface area contributed by atoms with Crippen LogP contribution in [0.1, 0.15) is 47.0 Å². The number of unbranched alkanes of at least 4 members (excludes halogenated alkanes) is 1. The summed E-state index contributed by atoms with van der Waals surface area (Å²) in [6.07, 6.45) is 2.94. The molecule has 1 amide bonds. The highest BCUT2D eigenvalue weighted by molar-refractivity contribution is 14.0. The van der Waals surface area contributed by atoms with Crippen molar-refractivity contribution in [3.8, 4) is 0 Å². The number of aliphatic imine (C=N–C) groups is 1. The summed E-state index contributed by atoms with van der Waals surface area (Å²) in [4.78, 5) is 18.1. The number of amides is 1. The van der Waals surface area contributed by atoms with E-state index in [9.17, 15) is 4.79 Å². The van der Waals surface area contributed by atoms with Crippen molar-refractivity contribution < 1.29 is 9.53 Å². The molecule has 3 N–H and O–H groups in total. The Hall–Kier alpha value is -0.730. The van der Waals surface area contributed by atoms with Crippen LogP contribution >= 0.6 is 24.0 Å². The Bertz CT molecular complexity index is 369. The van der Waals surface area contributed by atoms with E-state index in [2.05, 4.69) is 17.2 Å². The largest absolute Gasteiger partial charge is 0.444 e. The molecule has 0 aliphatic carbocycles. The van der Waals surface area contributed by atoms with Gasteiger partial charge in [0.1, 0.15) is 5.60 Å². The fourth-order valence-electron chi connectivity index (χ4n) is 2.15. The highest BCUT2D eigenvalue weighted by Gasteiger charge is 2.29. The molecule has 1 aliphatic rings. The minimum absolute atomic E-state index is 0. The Morgan fingerprint density at radius 3 is 2.73 bits per heavy atom. The third-order valence-electron chi connectivity index (χ3n) is 3.29. The summed E-state index contributed by atoms with van der Waals surface area (Å²) in [5, 5.41) is 3.10. The molecule has 1 unspecified atom stereocenters. The van der Waals surface area contributed by atoms with Gasteiger partial charge < -0.3 is 20.7 Å². The van der Waals surface area contributed by atoms with E-state index < -0.39 is 5.60 Å². The van der Waals surface area contributed by atoms with Gasteiger partial charge in [0, 0.05) is 26.2 Å². The molecule has 0 aromatic carbocycles. The van der Waals surface area contributed by atoms with E-state index in [1.165, 1.54) is 0 Å². The van der Waals surface area contributed by atoms with Gasteiger partial charge in [0.25, 0.3) is 0 Å². The molecule has 0 aromatic rings. The number of nitrogens with two attached hydrogens (primary N) is 1. The second-order valence-corrected chi connectivity index (χ2v) is 6.59. The number of nitrogens with one attached hydrogen (secondary N) is 1. The van der Waals surface area contributed by atoms with E-state index in [1.54, 1.807) is 4.90 Å². The molecule has 7 heteroatoms. The summed E-state index contributed by atoms with van der Waals surface area (Å²) in [5.74, 6) is 0.864. The van der Waals surface area contributed by atoms with E-state index in [-0.39, 0.29) is 30.1 Å². The van der Waals surface area contributed by atoms with Crippen LogP contribution in [0.5, 0.6) is 0 Å². The maximum atomic E-state index is 11.9. The van der Waals surface area contributed by atoms with Gasteiger partial charge in [-0.1, -0.05) is 13.3 Å². The number of carbonyl (C=O) groups excluding carboxylic acids is 1. The Morgan fingerprint density at radius 1 is 1.45 bits per heavy atom. The lowest BCUT2D eigenvalue weighted by Gasteiger charge is -2.24. The first-order valence-corrected chi connectivity index (χ1v) is 7.83. The SMILES string of the molecule is CCCCNC(N)=NCC1CCN(C(=O)OC(C)(C)C)C1.I. The van der Waals surface area contributed by atoms with E-state index in [4.69, 9.17) is 10.5 Å². The number of likely N-dealkylation sites (tertiary alicyclic amines) is 1. The summed E-state index contributed by atoms with van der Waals surface area (Å²) in [6, 6.07) is 0. The number of guanidine groups is 1. The van der Waals surface area contributed by atoms with Gasteiger partial charge in [0.2, 0.25) is 0 Å². The molecule has 1 fully saturated rings. The minimum Gasteiger partial charge on any atom is -0.444 e. The molecule has 0 aromatic heterocycles. The van der Waals surface area contributed by atoms with Crippen LogP contribution in [-0.4, -0.2) is 48.7 Å². The molecule has 0 spiro atoms. The number of carbonyl (C=O) groups is 1. The van der Waals surface area contributed by atoms with E-state index in [0.717, 1.165) is 32.4 Å². The lowest BCUT2D eigenvalue weighted by molar-refractivity contribution is 0.0289. The van der Waals surface area contributed by atoms with Crippen LogP contribution in [0.25, 0.3) is 0 Å². The van der Waals surface area contributed by atoms with Gasteiger partial charge in [0.15, 0.2) is 5.96 Å². The fourth-order valence-corrected chi connectivity index (χ4v) is 2.15. The van der Waals surface area contributed by atoms with Crippen molar-refractivity contribution in [2.75, 3.05) is 26.2 Å². The molecule has 0 radical (unpaired) electrons. The normalized spacial score (nSPS) is 18.8. The Morgan fingerprint density at radius 2 is 2.14 bits per heavy atom. The zero-order valence-electron chi connectivity index (χ0n) is 14.2. The van der Waals surface area contributed by atoms with Crippen molar-refractivity contribution >= 4 is 36.0 Å². The van der Waals surface area contributed by atoms with E-state index >= 15 is 0 Å². The van der Waals surface area contributed by atoms with Gasteiger partial charge in [-0.25, -0.2) is 4.79 Å². The van der Waals surface area contributed by atoms with Gasteiger partial charge in [-0.05, 0) is 39.5 Å². The van der Waals surface area contributed by atoms with Crippen LogP contribution in [0, 0.1) is 5.92 Å². The van der Waals surface area contributed by atoms with E-state index in [1.807, 2.05) is 20.8 Å². The third kappa shape index (κ3) is 8.65. The Kier molecular flexibility index (Phi) is 9.79. The lowest BCUT2D eigenvalue weighted by Crippen LogP contribution is -2.35. The first kappa shape index (κ1) is 21.3. The summed E-state index contributed by atoms with van der Waals surface area (Å²) in [7, 11) is 0. The van der Waals surface area contributed by atoms with Gasteiger partial charge in [-0.15, -0.1) is 24.0 Å². The standard InChI is InChI=1S/C15H30N4O2.HI/c1-5-6-8-17-13(16)18-10-12-7-9-19(11-12)14(20)21-15(2,3)4;/h12H,5-11H2,1-4H3,(H3,16,17,18);1H. The van der Waals surface area contributed by atoms with Gasteiger partial charge >= 0.3 is 6.09 Å². The van der Waals surface area contributed by atoms with Crippen molar-refractivity contribution in [3.63, 3.8) is 0 Å². The zero-order chi connectivity index (χ0) is 15.9. The number of halogens is 1. The number of ether oxygens (including phenoxy) is 1. The highest BCUT2D eigenvalue weighted by atomic mass is 127. The summed E-state index contributed by atoms with van der Waals surface area (Å²) >= 11 is 0. The van der Waals surface area contributed by atoms with Gasteiger partial charge in [-0.3, -0.25) is 4.99 Å². The van der Waals surface area contributed by atoms with Crippen LogP contribution in [0.2, 0.25) is 0 Å². The first-order chi connectivity index (χ1) is 9.81. The molecule has 1 saturated heterocycles. The van der Waals surface area contributed by atoms with Crippen molar-refractivity contribution in [2.24, 2.45) is 16.6 Å². The van der Waals surface area contributed by atoms with Crippen molar-refractivity contribution in [1.82, 2.24) is 10.2 Å². The number of hydrogen-bond acceptors (Lipinski definition) is 3. The third-order valence-corrected chi connectivity index (χ3v) is 3.29. The maximum absolute atomic E-state index is 11.9. The maximum Gasteiger partial charge on any atom is 0.410 e. The van der Waals surface area contributed by atoms with Crippen molar-refractivity contribution in [1.29, 1.82) is 0 Å². The number of hydrogen-bond donors (Lipinski definition) is 2. The number of rotatable bonds is 5. The van der Waals surface area contributed by atoms with Crippen LogP contribution < -0.4 is 11.1 Å². The predicted octanol–water partition coefficient (Wildman–Crippen LogP) is 2.57. The monoisotopic (exact) mass is 426 g/mol. The molecule has 1 rings (SSSR count). The zero-order valence-corrected chi connectivity index (χ0v) is 16.6. The average molecular weight is 426 g/mol. The first-order valence-electron chi connectivity index (χ1n) is 7.83. The van der Waals surface area contributed by atoms with Crippen molar-refractivity contribution in [2.45, 2.75) is 52.6 Å². The highest BCUT2D eigenvalue weighted by Crippen LogP contribution is 2.19.